The Morgan fingerprint density at radius 2 is 2.26 bits per heavy atom. The van der Waals surface area contributed by atoms with Crippen LogP contribution in [-0.2, 0) is 9.84 Å². The second kappa shape index (κ2) is 5.59. The topological polar surface area (TPSA) is 71.8 Å². The second-order valence-electron chi connectivity index (χ2n) is 5.83. The van der Waals surface area contributed by atoms with Crippen molar-refractivity contribution in [2.24, 2.45) is 0 Å². The van der Waals surface area contributed by atoms with Crippen LogP contribution in [0.2, 0.25) is 0 Å². The molecule has 2 aromatic heterocycles. The monoisotopic (exact) mass is 339 g/mol. The molecule has 0 N–H and O–H groups in total. The van der Waals surface area contributed by atoms with E-state index >= 15 is 0 Å². The van der Waals surface area contributed by atoms with E-state index < -0.39 is 27.7 Å². The standard InChI is InChI=1S/C15H18FN3O3S/c1-3-18(11-5-7-23(21,22)9-11)15(20)13-14(16)19-6-4-10(2)8-12(19)17-13/h4,6,8,11H,3,5,7,9H2,1-2H3/t11-/m0/s1. The van der Waals surface area contributed by atoms with Crippen LogP contribution in [0.1, 0.15) is 29.4 Å². The first-order valence-electron chi connectivity index (χ1n) is 7.48. The Morgan fingerprint density at radius 3 is 2.87 bits per heavy atom. The zero-order chi connectivity index (χ0) is 16.8. The van der Waals surface area contributed by atoms with E-state index in [-0.39, 0.29) is 17.2 Å². The first-order chi connectivity index (χ1) is 10.8. The van der Waals surface area contributed by atoms with Gasteiger partial charge in [0.25, 0.3) is 5.91 Å². The number of carbonyl (C=O) groups excluding carboxylic acids is 1. The highest BCUT2D eigenvalue weighted by Gasteiger charge is 2.36. The van der Waals surface area contributed by atoms with E-state index in [4.69, 9.17) is 0 Å². The van der Waals surface area contributed by atoms with E-state index in [0.717, 1.165) is 5.56 Å². The molecular formula is C15H18FN3O3S. The van der Waals surface area contributed by atoms with Gasteiger partial charge in [0, 0.05) is 18.8 Å². The summed E-state index contributed by atoms with van der Waals surface area (Å²) in [4.78, 5) is 18.2. The minimum Gasteiger partial charge on any atom is -0.333 e. The van der Waals surface area contributed by atoms with Crippen LogP contribution in [0.25, 0.3) is 5.65 Å². The molecular weight excluding hydrogens is 321 g/mol. The molecule has 8 heteroatoms. The molecule has 1 aliphatic rings. The van der Waals surface area contributed by atoms with E-state index in [1.54, 1.807) is 19.1 Å². The van der Waals surface area contributed by atoms with Crippen molar-refractivity contribution in [1.29, 1.82) is 0 Å². The number of amides is 1. The van der Waals surface area contributed by atoms with Gasteiger partial charge in [-0.15, -0.1) is 0 Å². The number of nitrogens with zero attached hydrogens (tertiary/aromatic N) is 3. The Kier molecular flexibility index (Phi) is 3.87. The molecule has 2 aromatic rings. The third-order valence-electron chi connectivity index (χ3n) is 4.18. The number of carbonyl (C=O) groups is 1. The fraction of sp³-hybridized carbons (Fsp3) is 0.467. The third kappa shape index (κ3) is 2.83. The number of imidazole rings is 1. The number of hydrogen-bond donors (Lipinski definition) is 0. The highest BCUT2D eigenvalue weighted by Crippen LogP contribution is 2.21. The van der Waals surface area contributed by atoms with Gasteiger partial charge in [-0.3, -0.25) is 9.20 Å². The van der Waals surface area contributed by atoms with E-state index in [9.17, 15) is 17.6 Å². The summed E-state index contributed by atoms with van der Waals surface area (Å²) in [6.45, 7) is 3.92. The summed E-state index contributed by atoms with van der Waals surface area (Å²) in [6, 6.07) is 3.01. The first-order valence-corrected chi connectivity index (χ1v) is 9.30. The van der Waals surface area contributed by atoms with Crippen LogP contribution in [0.15, 0.2) is 18.3 Å². The predicted molar refractivity (Wildman–Crippen MR) is 83.7 cm³/mol. The zero-order valence-electron chi connectivity index (χ0n) is 13.0. The summed E-state index contributed by atoms with van der Waals surface area (Å²) in [7, 11) is -3.12. The van der Waals surface area contributed by atoms with Crippen molar-refractivity contribution in [2.75, 3.05) is 18.1 Å². The van der Waals surface area contributed by atoms with Gasteiger partial charge in [0.05, 0.1) is 11.5 Å². The van der Waals surface area contributed by atoms with E-state index in [1.165, 1.54) is 15.5 Å². The molecule has 1 fully saturated rings. The Hall–Kier alpha value is -1.96. The number of halogens is 1. The minimum absolute atomic E-state index is 0.0638. The van der Waals surface area contributed by atoms with E-state index in [0.29, 0.717) is 18.6 Å². The fourth-order valence-electron chi connectivity index (χ4n) is 2.98. The molecule has 1 atom stereocenters. The Labute approximate surface area is 133 Å². The number of fused-ring (bicyclic) bond motifs is 1. The van der Waals surface area contributed by atoms with Gasteiger partial charge in [0.1, 0.15) is 5.65 Å². The van der Waals surface area contributed by atoms with E-state index in [2.05, 4.69) is 4.98 Å². The largest absolute Gasteiger partial charge is 0.333 e. The summed E-state index contributed by atoms with van der Waals surface area (Å²) < 4.78 is 39.0. The van der Waals surface area contributed by atoms with Crippen molar-refractivity contribution in [1.82, 2.24) is 14.3 Å². The Morgan fingerprint density at radius 1 is 1.52 bits per heavy atom. The van der Waals surface area contributed by atoms with Gasteiger partial charge in [-0.2, -0.15) is 4.39 Å². The third-order valence-corrected chi connectivity index (χ3v) is 5.93. The van der Waals surface area contributed by atoms with E-state index in [1.807, 2.05) is 6.92 Å². The van der Waals surface area contributed by atoms with Gasteiger partial charge < -0.3 is 4.90 Å². The molecule has 3 rings (SSSR count). The molecule has 0 unspecified atom stereocenters. The van der Waals surface area contributed by atoms with Crippen molar-refractivity contribution in [2.45, 2.75) is 26.3 Å². The fourth-order valence-corrected chi connectivity index (χ4v) is 4.71. The number of aromatic nitrogens is 2. The maximum atomic E-state index is 14.5. The van der Waals surface area contributed by atoms with Crippen molar-refractivity contribution in [3.8, 4) is 0 Å². The van der Waals surface area contributed by atoms with Crippen LogP contribution in [0.4, 0.5) is 4.39 Å². The van der Waals surface area contributed by atoms with Gasteiger partial charge in [-0.05, 0) is 38.0 Å². The number of aryl methyl sites for hydroxylation is 1. The molecule has 124 valence electrons. The van der Waals surface area contributed by atoms with Crippen molar-refractivity contribution in [3.05, 3.63) is 35.5 Å². The summed E-state index contributed by atoms with van der Waals surface area (Å²) in [5.74, 6) is -1.28. The molecule has 1 aliphatic heterocycles. The zero-order valence-corrected chi connectivity index (χ0v) is 13.8. The van der Waals surface area contributed by atoms with Crippen molar-refractivity contribution < 1.29 is 17.6 Å². The van der Waals surface area contributed by atoms with Gasteiger partial charge >= 0.3 is 0 Å². The average molecular weight is 339 g/mol. The molecule has 0 bridgehead atoms. The Bertz CT molecular complexity index is 875. The number of rotatable bonds is 3. The molecule has 1 saturated heterocycles. The van der Waals surface area contributed by atoms with Crippen LogP contribution in [0, 0.1) is 12.9 Å². The summed E-state index contributed by atoms with van der Waals surface area (Å²) in [5, 5.41) is 0. The molecule has 1 amide bonds. The van der Waals surface area contributed by atoms with Crippen molar-refractivity contribution >= 4 is 21.4 Å². The molecule has 6 nitrogen and oxygen atoms in total. The maximum Gasteiger partial charge on any atom is 0.277 e. The van der Waals surface area contributed by atoms with Crippen LogP contribution < -0.4 is 0 Å². The lowest BCUT2D eigenvalue weighted by Gasteiger charge is -2.25. The lowest BCUT2D eigenvalue weighted by Crippen LogP contribution is -2.41. The number of sulfone groups is 1. The summed E-state index contributed by atoms with van der Waals surface area (Å²) in [5.41, 5.74) is 1.01. The second-order valence-corrected chi connectivity index (χ2v) is 8.06. The number of hydrogen-bond acceptors (Lipinski definition) is 4. The highest BCUT2D eigenvalue weighted by molar-refractivity contribution is 7.91. The SMILES string of the molecule is CCN(C(=O)c1nc2cc(C)ccn2c1F)[C@H]1CCS(=O)(=O)C1. The summed E-state index contributed by atoms with van der Waals surface area (Å²) >= 11 is 0. The maximum absolute atomic E-state index is 14.5. The molecule has 0 aromatic carbocycles. The molecule has 0 radical (unpaired) electrons. The minimum atomic E-state index is -3.12. The number of pyridine rings is 1. The van der Waals surface area contributed by atoms with Crippen molar-refractivity contribution in [3.63, 3.8) is 0 Å². The van der Waals surface area contributed by atoms with Crippen LogP contribution in [0.3, 0.4) is 0 Å². The molecule has 0 saturated carbocycles. The van der Waals surface area contributed by atoms with Gasteiger partial charge in [-0.1, -0.05) is 0 Å². The van der Waals surface area contributed by atoms with Crippen LogP contribution in [0.5, 0.6) is 0 Å². The van der Waals surface area contributed by atoms with Gasteiger partial charge in [0.15, 0.2) is 15.5 Å². The quantitative estimate of drug-likeness (QED) is 0.848. The van der Waals surface area contributed by atoms with Gasteiger partial charge in [0.2, 0.25) is 5.95 Å². The molecule has 3 heterocycles. The molecule has 23 heavy (non-hydrogen) atoms. The molecule has 0 spiro atoms. The normalized spacial score (nSPS) is 20.0. The highest BCUT2D eigenvalue weighted by atomic mass is 32.2. The van der Waals surface area contributed by atoms with Crippen LogP contribution >= 0.6 is 0 Å². The predicted octanol–water partition coefficient (Wildman–Crippen LogP) is 1.43. The van der Waals surface area contributed by atoms with Crippen LogP contribution in [-0.4, -0.2) is 52.7 Å². The molecule has 0 aliphatic carbocycles. The average Bonchev–Trinajstić information content (AvgIpc) is 3.00. The first kappa shape index (κ1) is 15.9. The lowest BCUT2D eigenvalue weighted by molar-refractivity contribution is 0.0697. The smallest absolute Gasteiger partial charge is 0.277 e. The summed E-state index contributed by atoms with van der Waals surface area (Å²) in [6.07, 6.45) is 1.91. The lowest BCUT2D eigenvalue weighted by atomic mass is 10.2. The Balaban J connectivity index is 1.97. The van der Waals surface area contributed by atoms with Gasteiger partial charge in [-0.25, -0.2) is 13.4 Å².